The molecule has 5 aliphatic carbocycles. The number of rotatable bonds is 5. The number of aliphatic hydroxyl groups is 2. The lowest BCUT2D eigenvalue weighted by Gasteiger charge is -2.76. The Kier molecular flexibility index (Phi) is 5.37. The zero-order chi connectivity index (χ0) is 27.7. The molecule has 5 aliphatic rings. The fourth-order valence-electron chi connectivity index (χ4n) is 9.85. The summed E-state index contributed by atoms with van der Waals surface area (Å²) in [6, 6.07) is 0. The number of hydrogen-bond acceptors (Lipinski definition) is 6. The van der Waals surface area contributed by atoms with Crippen molar-refractivity contribution in [2.75, 3.05) is 0 Å². The molecule has 0 spiro atoms. The van der Waals surface area contributed by atoms with Crippen molar-refractivity contribution in [2.24, 2.45) is 45.3 Å². The molecule has 0 amide bonds. The third-order valence-electron chi connectivity index (χ3n) is 11.9. The highest BCUT2D eigenvalue weighted by atomic mass is 16.4. The van der Waals surface area contributed by atoms with Gasteiger partial charge in [0, 0.05) is 36.0 Å². The van der Waals surface area contributed by atoms with Crippen LogP contribution < -0.4 is 0 Å². The minimum Gasteiger partial charge on any atom is -0.481 e. The van der Waals surface area contributed by atoms with E-state index in [0.29, 0.717) is 17.6 Å². The number of carboxylic acids is 1. The number of fused-ring (bicyclic) bond motifs is 3. The highest BCUT2D eigenvalue weighted by Gasteiger charge is 2.81. The summed E-state index contributed by atoms with van der Waals surface area (Å²) in [5, 5.41) is 33.1. The van der Waals surface area contributed by atoms with Crippen LogP contribution in [0.3, 0.4) is 0 Å². The van der Waals surface area contributed by atoms with E-state index < -0.39 is 45.3 Å². The molecule has 3 saturated carbocycles. The van der Waals surface area contributed by atoms with Crippen LogP contribution in [0.25, 0.3) is 0 Å². The average molecular weight is 513 g/mol. The van der Waals surface area contributed by atoms with Crippen LogP contribution in [0.1, 0.15) is 80.6 Å². The van der Waals surface area contributed by atoms with Crippen molar-refractivity contribution in [2.45, 2.75) is 92.3 Å². The molecule has 0 aliphatic heterocycles. The molecule has 0 saturated heterocycles. The van der Waals surface area contributed by atoms with Crippen molar-refractivity contribution in [1.29, 1.82) is 0 Å². The number of ketones is 3. The Hall–Kier alpha value is -2.12. The highest BCUT2D eigenvalue weighted by molar-refractivity contribution is 5.96. The molecule has 0 aromatic heterocycles. The van der Waals surface area contributed by atoms with Crippen molar-refractivity contribution < 1.29 is 34.5 Å². The third-order valence-corrected chi connectivity index (χ3v) is 11.9. The first-order chi connectivity index (χ1) is 16.9. The van der Waals surface area contributed by atoms with Gasteiger partial charge >= 0.3 is 5.97 Å². The van der Waals surface area contributed by atoms with Crippen LogP contribution in [-0.2, 0) is 19.2 Å². The lowest BCUT2D eigenvalue weighted by Crippen LogP contribution is -2.77. The first-order valence-corrected chi connectivity index (χ1v) is 13.5. The minimum absolute atomic E-state index is 0.000603. The van der Waals surface area contributed by atoms with E-state index in [4.69, 9.17) is 0 Å². The Morgan fingerprint density at radius 1 is 1.05 bits per heavy atom. The average Bonchev–Trinajstić information content (AvgIpc) is 2.98. The Morgan fingerprint density at radius 2 is 1.68 bits per heavy atom. The number of aliphatic hydroxyl groups excluding tert-OH is 1. The van der Waals surface area contributed by atoms with Gasteiger partial charge in [-0.15, -0.1) is 0 Å². The van der Waals surface area contributed by atoms with Crippen LogP contribution in [0.5, 0.6) is 0 Å². The van der Waals surface area contributed by atoms with Gasteiger partial charge in [0.05, 0.1) is 23.0 Å². The summed E-state index contributed by atoms with van der Waals surface area (Å²) >= 11 is 0. The SMILES string of the molecule is C/C(=C\C(=O)CC(C)C(=O)O)C1CC(=O)[C@@]2(C)C3=C4[C@]5(C)[C@@H](C[C@@H]3O)C(C)(C)C(=O)C[C@@H]5[C@]4(O)C[C@]12C. The molecule has 37 heavy (non-hydrogen) atoms. The van der Waals surface area contributed by atoms with Gasteiger partial charge < -0.3 is 15.3 Å². The maximum absolute atomic E-state index is 13.9. The quantitative estimate of drug-likeness (QED) is 0.379. The molecule has 0 heterocycles. The molecule has 0 radical (unpaired) electrons. The topological polar surface area (TPSA) is 129 Å². The van der Waals surface area contributed by atoms with E-state index in [1.807, 2.05) is 27.7 Å². The van der Waals surface area contributed by atoms with Gasteiger partial charge in [0.1, 0.15) is 11.6 Å². The van der Waals surface area contributed by atoms with E-state index in [9.17, 15) is 34.5 Å². The summed E-state index contributed by atoms with van der Waals surface area (Å²) in [6.45, 7) is 13.2. The van der Waals surface area contributed by atoms with E-state index in [2.05, 4.69) is 6.92 Å². The second kappa shape index (κ2) is 7.50. The lowest BCUT2D eigenvalue weighted by molar-refractivity contribution is -0.232. The number of carbonyl (C=O) groups is 4. The summed E-state index contributed by atoms with van der Waals surface area (Å²) < 4.78 is 0. The Morgan fingerprint density at radius 3 is 2.27 bits per heavy atom. The molecule has 0 aromatic rings. The molecule has 7 heteroatoms. The van der Waals surface area contributed by atoms with Gasteiger partial charge in [-0.1, -0.05) is 40.2 Å². The van der Waals surface area contributed by atoms with Gasteiger partial charge in [-0.05, 0) is 61.2 Å². The molecule has 0 aromatic carbocycles. The van der Waals surface area contributed by atoms with Crippen LogP contribution in [0, 0.1) is 45.3 Å². The van der Waals surface area contributed by atoms with Gasteiger partial charge in [0.2, 0.25) is 0 Å². The summed E-state index contributed by atoms with van der Waals surface area (Å²) in [7, 11) is 0. The Labute approximate surface area is 218 Å². The number of carbonyl (C=O) groups excluding carboxylic acids is 3. The number of carboxylic acid groups (broad SMARTS) is 1. The van der Waals surface area contributed by atoms with Crippen LogP contribution in [0.15, 0.2) is 22.8 Å². The van der Waals surface area contributed by atoms with Gasteiger partial charge in [0.15, 0.2) is 5.78 Å². The summed E-state index contributed by atoms with van der Waals surface area (Å²) in [5.74, 6) is -2.78. The first-order valence-electron chi connectivity index (χ1n) is 13.5. The van der Waals surface area contributed by atoms with Crippen molar-refractivity contribution in [1.82, 2.24) is 0 Å². The Balaban J connectivity index is 1.63. The standard InChI is InChI=1S/C30H40O7/c1-14(8-16(31)9-15(2)25(35)36)17-10-22(34)29(7)23-18(32)11-19-26(3,4)21(33)12-20-28(19,6)24(23)30(20,37)13-27(17,29)5/h8,15,17-20,32,37H,9-13H2,1-7H3,(H,35,36)/b14-8+/t15?,17?,18-,19-,20-,27+,28+,29-,30+/m0/s1. The summed E-state index contributed by atoms with van der Waals surface area (Å²) in [6.07, 6.45) is 1.53. The maximum Gasteiger partial charge on any atom is 0.306 e. The van der Waals surface area contributed by atoms with Gasteiger partial charge in [-0.2, -0.15) is 0 Å². The molecule has 3 N–H and O–H groups in total. The maximum atomic E-state index is 13.9. The van der Waals surface area contributed by atoms with Crippen molar-refractivity contribution >= 4 is 23.3 Å². The summed E-state index contributed by atoms with van der Waals surface area (Å²) in [5.41, 5.74) is -2.00. The van der Waals surface area contributed by atoms with E-state index in [1.54, 1.807) is 6.92 Å². The molecule has 2 unspecified atom stereocenters. The summed E-state index contributed by atoms with van der Waals surface area (Å²) in [4.78, 5) is 51.1. The fourth-order valence-corrected chi connectivity index (χ4v) is 9.85. The second-order valence-electron chi connectivity index (χ2n) is 13.9. The van der Waals surface area contributed by atoms with Crippen molar-refractivity contribution in [3.63, 3.8) is 0 Å². The molecular weight excluding hydrogens is 472 g/mol. The van der Waals surface area contributed by atoms with Crippen LogP contribution in [0.4, 0.5) is 0 Å². The zero-order valence-electron chi connectivity index (χ0n) is 23.0. The second-order valence-corrected chi connectivity index (χ2v) is 13.9. The predicted molar refractivity (Wildman–Crippen MR) is 135 cm³/mol. The molecule has 3 fully saturated rings. The van der Waals surface area contributed by atoms with Gasteiger partial charge in [-0.25, -0.2) is 0 Å². The number of Topliss-reactive ketones (excluding diaryl/α,β-unsaturated/α-hetero) is 2. The zero-order valence-corrected chi connectivity index (χ0v) is 23.0. The predicted octanol–water partition coefficient (Wildman–Crippen LogP) is 3.66. The molecule has 7 nitrogen and oxygen atoms in total. The van der Waals surface area contributed by atoms with E-state index in [0.717, 1.165) is 5.57 Å². The fraction of sp³-hybridized carbons (Fsp3) is 0.733. The number of allylic oxidation sites excluding steroid dienone is 2. The molecular formula is C30H40O7. The van der Waals surface area contributed by atoms with Crippen LogP contribution >= 0.6 is 0 Å². The largest absolute Gasteiger partial charge is 0.481 e. The normalized spacial score (nSPS) is 46.7. The number of hydrogen-bond donors (Lipinski definition) is 3. The molecule has 9 atom stereocenters. The van der Waals surface area contributed by atoms with Gasteiger partial charge in [0.25, 0.3) is 0 Å². The third kappa shape index (κ3) is 2.90. The van der Waals surface area contributed by atoms with Crippen molar-refractivity contribution in [3.8, 4) is 0 Å². The molecule has 202 valence electrons. The minimum atomic E-state index is -1.28. The monoisotopic (exact) mass is 512 g/mol. The van der Waals surface area contributed by atoms with E-state index in [1.165, 1.54) is 13.0 Å². The van der Waals surface area contributed by atoms with Gasteiger partial charge in [-0.3, -0.25) is 19.2 Å². The highest BCUT2D eigenvalue weighted by Crippen LogP contribution is 2.81. The molecule has 0 bridgehead atoms. The molecule has 5 rings (SSSR count). The number of aliphatic carboxylic acids is 1. The lowest BCUT2D eigenvalue weighted by atomic mass is 9.28. The van der Waals surface area contributed by atoms with Crippen LogP contribution in [0.2, 0.25) is 0 Å². The first kappa shape index (κ1) is 26.5. The van der Waals surface area contributed by atoms with Crippen molar-refractivity contribution in [3.05, 3.63) is 22.8 Å². The van der Waals surface area contributed by atoms with E-state index >= 15 is 0 Å². The van der Waals surface area contributed by atoms with Crippen LogP contribution in [-0.4, -0.2) is 50.3 Å². The van der Waals surface area contributed by atoms with E-state index in [-0.39, 0.29) is 60.8 Å². The Bertz CT molecular complexity index is 1210. The smallest absolute Gasteiger partial charge is 0.306 e.